The molecule has 4 rings (SSSR count). The summed E-state index contributed by atoms with van der Waals surface area (Å²) >= 11 is 0. The number of imide groups is 1. The third-order valence-corrected chi connectivity index (χ3v) is 4.03. The first kappa shape index (κ1) is 13.5. The molecule has 0 saturated heterocycles. The molecule has 0 unspecified atom stereocenters. The predicted molar refractivity (Wildman–Crippen MR) is 80.8 cm³/mol. The number of ether oxygens (including phenoxy) is 1. The van der Waals surface area contributed by atoms with Crippen molar-refractivity contribution in [2.24, 2.45) is 0 Å². The molecule has 0 aliphatic carbocycles. The van der Waals surface area contributed by atoms with Crippen molar-refractivity contribution in [3.63, 3.8) is 0 Å². The van der Waals surface area contributed by atoms with E-state index >= 15 is 0 Å². The summed E-state index contributed by atoms with van der Waals surface area (Å²) in [6.07, 6.45) is 0. The van der Waals surface area contributed by atoms with Gasteiger partial charge in [-0.15, -0.1) is 0 Å². The monoisotopic (exact) mass is 308 g/mol. The Morgan fingerprint density at radius 3 is 2.57 bits per heavy atom. The van der Waals surface area contributed by atoms with Crippen LogP contribution in [0.15, 0.2) is 48.5 Å². The van der Waals surface area contributed by atoms with Crippen LogP contribution in [-0.4, -0.2) is 17.7 Å². The van der Waals surface area contributed by atoms with Crippen LogP contribution in [0.1, 0.15) is 22.8 Å². The Morgan fingerprint density at radius 1 is 1.09 bits per heavy atom. The molecule has 2 aromatic carbocycles. The maximum Gasteiger partial charge on any atom is 0.304 e. The molecule has 2 aliphatic rings. The summed E-state index contributed by atoms with van der Waals surface area (Å²) in [6, 6.07) is 13.5. The van der Waals surface area contributed by atoms with Gasteiger partial charge in [-0.2, -0.15) is 0 Å². The van der Waals surface area contributed by atoms with Crippen molar-refractivity contribution >= 4 is 23.4 Å². The van der Waals surface area contributed by atoms with Crippen LogP contribution in [0.2, 0.25) is 0 Å². The van der Waals surface area contributed by atoms with Gasteiger partial charge in [0.1, 0.15) is 5.75 Å². The molecule has 2 aromatic rings. The fourth-order valence-corrected chi connectivity index (χ4v) is 3.04. The van der Waals surface area contributed by atoms with E-state index in [0.717, 1.165) is 4.90 Å². The molecule has 2 aliphatic heterocycles. The molecule has 3 amide bonds. The highest BCUT2D eigenvalue weighted by Crippen LogP contribution is 2.44. The van der Waals surface area contributed by atoms with E-state index in [1.165, 1.54) is 6.92 Å². The highest BCUT2D eigenvalue weighted by Gasteiger charge is 2.58. The van der Waals surface area contributed by atoms with Crippen LogP contribution in [0.25, 0.3) is 0 Å². The second kappa shape index (κ2) is 4.42. The molecule has 0 aromatic heterocycles. The number of hydrogen-bond donors (Lipinski definition) is 1. The van der Waals surface area contributed by atoms with Crippen LogP contribution < -0.4 is 15.0 Å². The third-order valence-electron chi connectivity index (χ3n) is 4.03. The summed E-state index contributed by atoms with van der Waals surface area (Å²) in [5, 5.41) is 2.63. The van der Waals surface area contributed by atoms with Gasteiger partial charge in [-0.25, -0.2) is 4.90 Å². The predicted octanol–water partition coefficient (Wildman–Crippen LogP) is 1.55. The smallest absolute Gasteiger partial charge is 0.304 e. The van der Waals surface area contributed by atoms with Gasteiger partial charge in [0, 0.05) is 6.92 Å². The first-order valence-electron chi connectivity index (χ1n) is 7.10. The Hall–Kier alpha value is -3.15. The molecule has 114 valence electrons. The number of nitrogens with zero attached hydrogens (tertiary/aromatic N) is 1. The molecular weight excluding hydrogens is 296 g/mol. The average Bonchev–Trinajstić information content (AvgIpc) is 2.77. The van der Waals surface area contributed by atoms with Crippen LogP contribution in [0.4, 0.5) is 5.69 Å². The van der Waals surface area contributed by atoms with Gasteiger partial charge in [-0.1, -0.05) is 30.3 Å². The Morgan fingerprint density at radius 2 is 1.78 bits per heavy atom. The first-order valence-corrected chi connectivity index (χ1v) is 7.10. The Bertz CT molecular complexity index is 876. The zero-order valence-corrected chi connectivity index (χ0v) is 12.2. The second-order valence-electron chi connectivity index (χ2n) is 5.41. The summed E-state index contributed by atoms with van der Waals surface area (Å²) < 4.78 is 5.89. The topological polar surface area (TPSA) is 75.7 Å². The van der Waals surface area contributed by atoms with Crippen molar-refractivity contribution in [3.8, 4) is 5.75 Å². The van der Waals surface area contributed by atoms with E-state index in [-0.39, 0.29) is 0 Å². The highest BCUT2D eigenvalue weighted by molar-refractivity contribution is 6.23. The minimum atomic E-state index is -1.70. The summed E-state index contributed by atoms with van der Waals surface area (Å²) in [7, 11) is 0. The molecule has 1 spiro atoms. The number of carbonyl (C=O) groups is 3. The van der Waals surface area contributed by atoms with Crippen molar-refractivity contribution in [2.75, 3.05) is 4.90 Å². The Kier molecular flexibility index (Phi) is 2.60. The van der Waals surface area contributed by atoms with Crippen molar-refractivity contribution in [1.82, 2.24) is 5.32 Å². The fourth-order valence-electron chi connectivity index (χ4n) is 3.04. The summed E-state index contributed by atoms with van der Waals surface area (Å²) in [5.41, 5.74) is -0.481. The van der Waals surface area contributed by atoms with Gasteiger partial charge in [0.25, 0.3) is 11.6 Å². The lowest BCUT2D eigenvalue weighted by atomic mass is 10.0. The van der Waals surface area contributed by atoms with E-state index in [1.807, 2.05) is 0 Å². The van der Waals surface area contributed by atoms with Gasteiger partial charge in [-0.3, -0.25) is 14.4 Å². The zero-order chi connectivity index (χ0) is 16.2. The van der Waals surface area contributed by atoms with Crippen molar-refractivity contribution in [1.29, 1.82) is 0 Å². The van der Waals surface area contributed by atoms with Gasteiger partial charge in [0.15, 0.2) is 0 Å². The molecule has 0 fully saturated rings. The van der Waals surface area contributed by atoms with E-state index in [2.05, 4.69) is 5.32 Å². The average molecular weight is 308 g/mol. The number of amides is 3. The number of nitrogens with one attached hydrogen (secondary N) is 1. The van der Waals surface area contributed by atoms with E-state index in [1.54, 1.807) is 48.5 Å². The first-order chi connectivity index (χ1) is 11.0. The molecule has 1 atom stereocenters. The van der Waals surface area contributed by atoms with Crippen LogP contribution in [0, 0.1) is 0 Å². The number of fused-ring (bicyclic) bond motifs is 3. The molecule has 0 saturated carbocycles. The molecule has 0 radical (unpaired) electrons. The van der Waals surface area contributed by atoms with Crippen molar-refractivity contribution in [2.45, 2.75) is 12.6 Å². The summed E-state index contributed by atoms with van der Waals surface area (Å²) in [6.45, 7) is 1.30. The number of anilines is 1. The molecular formula is C17H12N2O4. The Labute approximate surface area is 131 Å². The van der Waals surface area contributed by atoms with E-state index in [0.29, 0.717) is 22.6 Å². The summed E-state index contributed by atoms with van der Waals surface area (Å²) in [5.74, 6) is -1.16. The molecule has 6 heteroatoms. The Balaban J connectivity index is 1.94. The second-order valence-corrected chi connectivity index (χ2v) is 5.41. The minimum Gasteiger partial charge on any atom is -0.453 e. The van der Waals surface area contributed by atoms with Gasteiger partial charge in [0.05, 0.1) is 16.8 Å². The third kappa shape index (κ3) is 1.66. The number of hydrogen-bond acceptors (Lipinski definition) is 4. The highest BCUT2D eigenvalue weighted by atomic mass is 16.5. The molecule has 0 bridgehead atoms. The zero-order valence-electron chi connectivity index (χ0n) is 12.2. The summed E-state index contributed by atoms with van der Waals surface area (Å²) in [4.78, 5) is 38.3. The van der Waals surface area contributed by atoms with Crippen molar-refractivity contribution in [3.05, 3.63) is 59.7 Å². The SMILES string of the molecule is CC(=O)N1C(=O)[C@]2(NC(=O)c3ccccc3O2)c2ccccc21. The van der Waals surface area contributed by atoms with Crippen LogP contribution in [0.5, 0.6) is 5.75 Å². The molecule has 2 heterocycles. The van der Waals surface area contributed by atoms with E-state index < -0.39 is 23.4 Å². The lowest BCUT2D eigenvalue weighted by Crippen LogP contribution is -2.59. The van der Waals surface area contributed by atoms with Crippen molar-refractivity contribution < 1.29 is 19.1 Å². The normalized spacial score (nSPS) is 21.5. The maximum atomic E-state index is 12.9. The standard InChI is InChI=1S/C17H12N2O4/c1-10(20)19-13-8-4-3-7-12(13)17(16(19)22)18-15(21)11-6-2-5-9-14(11)23-17/h2-9H,1H3,(H,18,21)/t17-/m0/s1. The molecule has 23 heavy (non-hydrogen) atoms. The van der Waals surface area contributed by atoms with Crippen LogP contribution in [-0.2, 0) is 15.3 Å². The number of para-hydroxylation sites is 2. The number of benzene rings is 2. The fraction of sp³-hybridized carbons (Fsp3) is 0.118. The van der Waals surface area contributed by atoms with E-state index in [4.69, 9.17) is 4.74 Å². The lowest BCUT2D eigenvalue weighted by molar-refractivity contribution is -0.138. The molecule has 1 N–H and O–H groups in total. The lowest BCUT2D eigenvalue weighted by Gasteiger charge is -2.34. The quantitative estimate of drug-likeness (QED) is 0.801. The van der Waals surface area contributed by atoms with E-state index in [9.17, 15) is 14.4 Å². The number of rotatable bonds is 0. The maximum absolute atomic E-state index is 12.9. The van der Waals surface area contributed by atoms with Crippen LogP contribution in [0.3, 0.4) is 0 Å². The number of carbonyl (C=O) groups excluding carboxylic acids is 3. The molecule has 6 nitrogen and oxygen atoms in total. The minimum absolute atomic E-state index is 0.310. The van der Waals surface area contributed by atoms with Gasteiger partial charge < -0.3 is 10.1 Å². The van der Waals surface area contributed by atoms with Gasteiger partial charge in [-0.05, 0) is 18.2 Å². The van der Waals surface area contributed by atoms with Gasteiger partial charge in [0.2, 0.25) is 5.91 Å². The largest absolute Gasteiger partial charge is 0.453 e. The van der Waals surface area contributed by atoms with Crippen LogP contribution >= 0.6 is 0 Å². The van der Waals surface area contributed by atoms with Gasteiger partial charge >= 0.3 is 5.91 Å².